The van der Waals surface area contributed by atoms with Crippen LogP contribution in [0.2, 0.25) is 0 Å². The summed E-state index contributed by atoms with van der Waals surface area (Å²) in [5.41, 5.74) is -4.63. The number of allylic oxidation sites excluding steroid dienone is 1. The molecular formula is C9H17F3O3S2. The van der Waals surface area contributed by atoms with Crippen LogP contribution in [0.15, 0.2) is 11.0 Å². The molecule has 0 radical (unpaired) electrons. The van der Waals surface area contributed by atoms with Crippen molar-refractivity contribution in [3.63, 3.8) is 0 Å². The van der Waals surface area contributed by atoms with Gasteiger partial charge in [-0.15, -0.1) is 0 Å². The molecule has 0 N–H and O–H groups in total. The zero-order valence-corrected chi connectivity index (χ0v) is 11.8. The second-order valence-corrected chi connectivity index (χ2v) is 8.65. The summed E-state index contributed by atoms with van der Waals surface area (Å²) in [5.74, 6) is 0.452. The molecule has 0 spiro atoms. The van der Waals surface area contributed by atoms with E-state index in [2.05, 4.69) is 3.63 Å². The standard InChI is InChI=1S/C9H17F3O3S2/c1-5-16(6-2,7-8(3)4)15-17(13,14)9(10,11)12/h7H,5-6H2,1-4H3. The van der Waals surface area contributed by atoms with Crippen molar-refractivity contribution in [3.05, 3.63) is 11.0 Å². The predicted molar refractivity (Wildman–Crippen MR) is 64.2 cm³/mol. The second kappa shape index (κ2) is 5.62. The summed E-state index contributed by atoms with van der Waals surface area (Å²) in [4.78, 5) is 0. The van der Waals surface area contributed by atoms with Crippen LogP contribution in [0.3, 0.4) is 0 Å². The zero-order valence-electron chi connectivity index (χ0n) is 10.2. The van der Waals surface area contributed by atoms with E-state index in [1.165, 1.54) is 5.41 Å². The van der Waals surface area contributed by atoms with Crippen LogP contribution in [0.4, 0.5) is 13.2 Å². The fraction of sp³-hybridized carbons (Fsp3) is 0.778. The predicted octanol–water partition coefficient (Wildman–Crippen LogP) is 3.54. The van der Waals surface area contributed by atoms with Crippen molar-refractivity contribution in [2.75, 3.05) is 11.5 Å². The summed E-state index contributed by atoms with van der Waals surface area (Å²) in [7, 11) is -7.92. The summed E-state index contributed by atoms with van der Waals surface area (Å²) in [6, 6.07) is 0. The molecule has 0 aliphatic rings. The highest BCUT2D eigenvalue weighted by atomic mass is 32.3. The van der Waals surface area contributed by atoms with Gasteiger partial charge >= 0.3 is 15.6 Å². The number of hydrogen-bond donors (Lipinski definition) is 0. The van der Waals surface area contributed by atoms with Gasteiger partial charge in [-0.3, -0.25) is 0 Å². The number of halogens is 3. The van der Waals surface area contributed by atoms with E-state index in [1.54, 1.807) is 27.7 Å². The number of hydrogen-bond acceptors (Lipinski definition) is 3. The van der Waals surface area contributed by atoms with Crippen LogP contribution in [0, 0.1) is 0 Å². The van der Waals surface area contributed by atoms with Crippen molar-refractivity contribution in [2.45, 2.75) is 33.2 Å². The first kappa shape index (κ1) is 16.8. The SMILES string of the molecule is CCS(C=C(C)C)(CC)OS(=O)(=O)C(F)(F)F. The lowest BCUT2D eigenvalue weighted by atomic mass is 10.4. The molecule has 8 heteroatoms. The van der Waals surface area contributed by atoms with Crippen LogP contribution in [-0.4, -0.2) is 25.4 Å². The molecule has 3 nitrogen and oxygen atoms in total. The van der Waals surface area contributed by atoms with Gasteiger partial charge in [0.05, 0.1) is 0 Å². The first-order valence-electron chi connectivity index (χ1n) is 4.95. The molecule has 0 saturated carbocycles. The second-order valence-electron chi connectivity index (χ2n) is 3.61. The molecule has 0 aliphatic carbocycles. The maximum Gasteiger partial charge on any atom is 0.523 e. The highest BCUT2D eigenvalue weighted by Gasteiger charge is 2.50. The average molecular weight is 294 g/mol. The molecule has 0 heterocycles. The molecule has 0 bridgehead atoms. The third kappa shape index (κ3) is 4.51. The Labute approximate surface area is 102 Å². The Morgan fingerprint density at radius 2 is 1.59 bits per heavy atom. The van der Waals surface area contributed by atoms with Crippen LogP contribution in [-0.2, 0) is 13.7 Å². The van der Waals surface area contributed by atoms with Gasteiger partial charge in [0.25, 0.3) is 0 Å². The number of alkyl halides is 3. The van der Waals surface area contributed by atoms with E-state index in [0.29, 0.717) is 0 Å². The maximum absolute atomic E-state index is 12.3. The molecule has 0 fully saturated rings. The Morgan fingerprint density at radius 1 is 1.18 bits per heavy atom. The lowest BCUT2D eigenvalue weighted by molar-refractivity contribution is -0.0495. The molecule has 0 unspecified atom stereocenters. The summed E-state index contributed by atoms with van der Waals surface area (Å²) in [5, 5.41) is 1.50. The molecule has 0 aromatic carbocycles. The fourth-order valence-corrected chi connectivity index (χ4v) is 5.40. The van der Waals surface area contributed by atoms with E-state index in [0.717, 1.165) is 5.57 Å². The molecule has 0 saturated heterocycles. The average Bonchev–Trinajstić information content (AvgIpc) is 2.13. The van der Waals surface area contributed by atoms with Crippen LogP contribution in [0.1, 0.15) is 27.7 Å². The number of rotatable bonds is 5. The molecule has 0 rings (SSSR count). The minimum Gasteiger partial charge on any atom is -0.209 e. The van der Waals surface area contributed by atoms with Gasteiger partial charge in [-0.25, -0.2) is 3.63 Å². The van der Waals surface area contributed by atoms with E-state index >= 15 is 0 Å². The van der Waals surface area contributed by atoms with Crippen LogP contribution >= 0.6 is 10.3 Å². The van der Waals surface area contributed by atoms with Crippen molar-refractivity contribution in [2.24, 2.45) is 0 Å². The summed E-state index contributed by atoms with van der Waals surface area (Å²) >= 11 is 0. The van der Waals surface area contributed by atoms with Crippen molar-refractivity contribution >= 4 is 20.4 Å². The van der Waals surface area contributed by atoms with E-state index < -0.39 is 25.9 Å². The van der Waals surface area contributed by atoms with Crippen molar-refractivity contribution in [3.8, 4) is 0 Å². The molecular weight excluding hydrogens is 277 g/mol. The smallest absolute Gasteiger partial charge is 0.209 e. The third-order valence-corrected chi connectivity index (χ3v) is 7.16. The van der Waals surface area contributed by atoms with Gasteiger partial charge in [0.15, 0.2) is 0 Å². The summed E-state index contributed by atoms with van der Waals surface area (Å²) in [6.07, 6.45) is 0. The van der Waals surface area contributed by atoms with E-state index in [4.69, 9.17) is 0 Å². The minimum absolute atomic E-state index is 0.226. The normalized spacial score (nSPS) is 14.5. The van der Waals surface area contributed by atoms with Gasteiger partial charge in [0, 0.05) is 11.5 Å². The molecule has 0 aromatic rings. The van der Waals surface area contributed by atoms with Crippen molar-refractivity contribution < 1.29 is 25.2 Å². The summed E-state index contributed by atoms with van der Waals surface area (Å²) < 4.78 is 63.2. The van der Waals surface area contributed by atoms with E-state index in [9.17, 15) is 21.6 Å². The van der Waals surface area contributed by atoms with Crippen molar-refractivity contribution in [1.29, 1.82) is 0 Å². The molecule has 17 heavy (non-hydrogen) atoms. The monoisotopic (exact) mass is 294 g/mol. The highest BCUT2D eigenvalue weighted by Crippen LogP contribution is 2.54. The molecule has 0 atom stereocenters. The molecule has 0 aromatic heterocycles. The molecule has 104 valence electrons. The Morgan fingerprint density at radius 3 is 1.82 bits per heavy atom. The van der Waals surface area contributed by atoms with Crippen molar-refractivity contribution in [1.82, 2.24) is 0 Å². The maximum atomic E-state index is 12.3. The lowest BCUT2D eigenvalue weighted by Gasteiger charge is -2.33. The third-order valence-electron chi connectivity index (χ3n) is 1.94. The van der Waals surface area contributed by atoms with Gasteiger partial charge in [-0.2, -0.15) is 21.6 Å². The minimum atomic E-state index is -5.53. The summed E-state index contributed by atoms with van der Waals surface area (Å²) in [6.45, 7) is 6.61. The fourth-order valence-electron chi connectivity index (χ4n) is 1.13. The molecule has 0 aliphatic heterocycles. The topological polar surface area (TPSA) is 43.4 Å². The first-order chi connectivity index (χ1) is 7.49. The largest absolute Gasteiger partial charge is 0.523 e. The quantitative estimate of drug-likeness (QED) is 0.728. The van der Waals surface area contributed by atoms with Crippen LogP contribution in [0.5, 0.6) is 0 Å². The van der Waals surface area contributed by atoms with Crippen LogP contribution < -0.4 is 0 Å². The first-order valence-corrected chi connectivity index (χ1v) is 8.32. The Bertz CT molecular complexity index is 377. The Hall–Kier alpha value is -0.210. The van der Waals surface area contributed by atoms with Gasteiger partial charge in [-0.05, 0) is 19.3 Å². The zero-order chi connectivity index (χ0) is 13.9. The van der Waals surface area contributed by atoms with Gasteiger partial charge in [0.2, 0.25) is 0 Å². The van der Waals surface area contributed by atoms with Gasteiger partial charge in [-0.1, -0.05) is 29.7 Å². The molecule has 0 amide bonds. The Balaban J connectivity index is 5.37. The van der Waals surface area contributed by atoms with Crippen LogP contribution in [0.25, 0.3) is 0 Å². The highest BCUT2D eigenvalue weighted by molar-refractivity contribution is 8.35. The van der Waals surface area contributed by atoms with Gasteiger partial charge < -0.3 is 0 Å². The Kier molecular flexibility index (Phi) is 5.55. The van der Waals surface area contributed by atoms with Gasteiger partial charge in [0.1, 0.15) is 0 Å². The van der Waals surface area contributed by atoms with E-state index in [-0.39, 0.29) is 11.5 Å². The lowest BCUT2D eigenvalue weighted by Crippen LogP contribution is -2.27. The van der Waals surface area contributed by atoms with E-state index in [1.807, 2.05) is 0 Å².